The molecule has 0 radical (unpaired) electrons. The van der Waals surface area contributed by atoms with E-state index in [1.807, 2.05) is 0 Å². The van der Waals surface area contributed by atoms with Crippen molar-refractivity contribution < 1.29 is 9.59 Å². The molecule has 7 heteroatoms. The molecular weight excluding hydrogens is 376 g/mol. The SMILES string of the molecule is Cc1cccc(N2CCN(CC(=O)NNC(=O)c3ccccc3Cl)CC2)c1C. The van der Waals surface area contributed by atoms with E-state index in [0.717, 1.165) is 26.2 Å². The van der Waals surface area contributed by atoms with Crippen LogP contribution in [0.3, 0.4) is 0 Å². The molecule has 0 saturated carbocycles. The number of anilines is 1. The van der Waals surface area contributed by atoms with Gasteiger partial charge in [-0.1, -0.05) is 35.9 Å². The van der Waals surface area contributed by atoms with E-state index in [4.69, 9.17) is 11.6 Å². The standard InChI is InChI=1S/C21H25ClN4O2/c1-15-6-5-9-19(16(15)2)26-12-10-25(11-13-26)14-20(27)23-24-21(28)17-7-3-4-8-18(17)22/h3-9H,10-14H2,1-2H3,(H,23,27)(H,24,28). The van der Waals surface area contributed by atoms with Crippen molar-refractivity contribution in [3.63, 3.8) is 0 Å². The molecule has 2 aromatic carbocycles. The molecule has 1 aliphatic rings. The van der Waals surface area contributed by atoms with E-state index in [-0.39, 0.29) is 12.5 Å². The quantitative estimate of drug-likeness (QED) is 0.774. The summed E-state index contributed by atoms with van der Waals surface area (Å²) >= 11 is 5.99. The van der Waals surface area contributed by atoms with Crippen LogP contribution in [-0.4, -0.2) is 49.4 Å². The molecule has 0 bridgehead atoms. The Hall–Kier alpha value is -2.57. The van der Waals surface area contributed by atoms with E-state index >= 15 is 0 Å². The molecule has 0 unspecified atom stereocenters. The Balaban J connectivity index is 1.46. The molecule has 0 aliphatic carbocycles. The van der Waals surface area contributed by atoms with Gasteiger partial charge in [0.2, 0.25) is 0 Å². The third kappa shape index (κ3) is 4.82. The zero-order chi connectivity index (χ0) is 20.1. The van der Waals surface area contributed by atoms with Crippen molar-refractivity contribution in [2.24, 2.45) is 0 Å². The third-order valence-electron chi connectivity index (χ3n) is 5.09. The first kappa shape index (κ1) is 20.2. The van der Waals surface area contributed by atoms with Gasteiger partial charge in [-0.25, -0.2) is 0 Å². The lowest BCUT2D eigenvalue weighted by Gasteiger charge is -2.36. The molecule has 0 aromatic heterocycles. The summed E-state index contributed by atoms with van der Waals surface area (Å²) in [5.41, 5.74) is 9.05. The highest BCUT2D eigenvalue weighted by molar-refractivity contribution is 6.33. The molecule has 1 saturated heterocycles. The van der Waals surface area contributed by atoms with Crippen molar-refractivity contribution in [3.8, 4) is 0 Å². The van der Waals surface area contributed by atoms with Crippen molar-refractivity contribution in [2.75, 3.05) is 37.6 Å². The van der Waals surface area contributed by atoms with Crippen LogP contribution in [0.1, 0.15) is 21.5 Å². The van der Waals surface area contributed by atoms with Gasteiger partial charge in [-0.3, -0.25) is 25.3 Å². The van der Waals surface area contributed by atoms with Crippen LogP contribution in [0.2, 0.25) is 5.02 Å². The summed E-state index contributed by atoms with van der Waals surface area (Å²) in [5.74, 6) is -0.681. The number of carbonyl (C=O) groups is 2. The van der Waals surface area contributed by atoms with Crippen molar-refractivity contribution in [3.05, 3.63) is 64.2 Å². The van der Waals surface area contributed by atoms with E-state index < -0.39 is 5.91 Å². The first-order valence-electron chi connectivity index (χ1n) is 9.33. The maximum atomic E-state index is 12.2. The van der Waals surface area contributed by atoms with E-state index in [0.29, 0.717) is 10.6 Å². The number of amides is 2. The lowest BCUT2D eigenvalue weighted by molar-refractivity contribution is -0.123. The number of nitrogens with one attached hydrogen (secondary N) is 2. The minimum Gasteiger partial charge on any atom is -0.369 e. The normalized spacial score (nSPS) is 14.6. The number of carbonyl (C=O) groups excluding carboxylic acids is 2. The van der Waals surface area contributed by atoms with Crippen LogP contribution >= 0.6 is 11.6 Å². The zero-order valence-electron chi connectivity index (χ0n) is 16.2. The van der Waals surface area contributed by atoms with E-state index in [9.17, 15) is 9.59 Å². The minimum atomic E-state index is -0.432. The largest absolute Gasteiger partial charge is 0.369 e. The van der Waals surface area contributed by atoms with Crippen LogP contribution in [0.5, 0.6) is 0 Å². The Morgan fingerprint density at radius 2 is 1.68 bits per heavy atom. The predicted octanol–water partition coefficient (Wildman–Crippen LogP) is 2.54. The van der Waals surface area contributed by atoms with Gasteiger partial charge in [-0.2, -0.15) is 0 Å². The van der Waals surface area contributed by atoms with Gasteiger partial charge in [0.1, 0.15) is 0 Å². The lowest BCUT2D eigenvalue weighted by Crippen LogP contribution is -2.52. The van der Waals surface area contributed by atoms with Crippen molar-refractivity contribution in [1.29, 1.82) is 0 Å². The summed E-state index contributed by atoms with van der Waals surface area (Å²) in [7, 11) is 0. The Morgan fingerprint density at radius 1 is 0.964 bits per heavy atom. The Bertz CT molecular complexity index is 863. The van der Waals surface area contributed by atoms with Gasteiger partial charge in [0, 0.05) is 31.9 Å². The van der Waals surface area contributed by atoms with E-state index in [1.165, 1.54) is 16.8 Å². The fourth-order valence-corrected chi connectivity index (χ4v) is 3.53. The van der Waals surface area contributed by atoms with Gasteiger partial charge in [0.15, 0.2) is 0 Å². The van der Waals surface area contributed by atoms with Crippen LogP contribution in [0, 0.1) is 13.8 Å². The zero-order valence-corrected chi connectivity index (χ0v) is 16.9. The first-order chi connectivity index (χ1) is 13.5. The minimum absolute atomic E-state index is 0.240. The fraction of sp³-hybridized carbons (Fsp3) is 0.333. The Morgan fingerprint density at radius 3 is 2.39 bits per heavy atom. The van der Waals surface area contributed by atoms with Crippen LogP contribution in [0.15, 0.2) is 42.5 Å². The number of rotatable bonds is 4. The van der Waals surface area contributed by atoms with E-state index in [2.05, 4.69) is 52.7 Å². The summed E-state index contributed by atoms with van der Waals surface area (Å²) < 4.78 is 0. The second-order valence-corrected chi connectivity index (χ2v) is 7.37. The first-order valence-corrected chi connectivity index (χ1v) is 9.70. The van der Waals surface area contributed by atoms with Gasteiger partial charge < -0.3 is 4.90 Å². The molecule has 148 valence electrons. The van der Waals surface area contributed by atoms with Crippen molar-refractivity contribution in [2.45, 2.75) is 13.8 Å². The van der Waals surface area contributed by atoms with Crippen molar-refractivity contribution in [1.82, 2.24) is 15.8 Å². The summed E-state index contributed by atoms with van der Waals surface area (Å²) in [6, 6.07) is 13.1. The maximum absolute atomic E-state index is 12.2. The van der Waals surface area contributed by atoms with Crippen LogP contribution < -0.4 is 15.8 Å². The van der Waals surface area contributed by atoms with Crippen LogP contribution in [-0.2, 0) is 4.79 Å². The van der Waals surface area contributed by atoms with Gasteiger partial charge in [0.05, 0.1) is 17.1 Å². The number of hydrogen-bond donors (Lipinski definition) is 2. The predicted molar refractivity (Wildman–Crippen MR) is 112 cm³/mol. The molecular formula is C21H25ClN4O2. The average Bonchev–Trinajstić information content (AvgIpc) is 2.69. The fourth-order valence-electron chi connectivity index (χ4n) is 3.31. The van der Waals surface area contributed by atoms with E-state index in [1.54, 1.807) is 24.3 Å². The molecule has 0 atom stereocenters. The molecule has 28 heavy (non-hydrogen) atoms. The van der Waals surface area contributed by atoms with Gasteiger partial charge in [-0.15, -0.1) is 0 Å². The number of aryl methyl sites for hydroxylation is 1. The number of hydrogen-bond acceptors (Lipinski definition) is 4. The average molecular weight is 401 g/mol. The third-order valence-corrected chi connectivity index (χ3v) is 5.42. The van der Waals surface area contributed by atoms with Crippen LogP contribution in [0.25, 0.3) is 0 Å². The monoisotopic (exact) mass is 400 g/mol. The lowest BCUT2D eigenvalue weighted by atomic mass is 10.1. The second kappa shape index (κ2) is 9.08. The molecule has 0 spiro atoms. The maximum Gasteiger partial charge on any atom is 0.271 e. The molecule has 1 heterocycles. The molecule has 3 rings (SSSR count). The van der Waals surface area contributed by atoms with Crippen molar-refractivity contribution >= 4 is 29.1 Å². The highest BCUT2D eigenvalue weighted by atomic mass is 35.5. The Labute approximate surface area is 170 Å². The molecule has 1 fully saturated rings. The topological polar surface area (TPSA) is 64.7 Å². The highest BCUT2D eigenvalue weighted by Crippen LogP contribution is 2.23. The second-order valence-electron chi connectivity index (χ2n) is 6.96. The smallest absolute Gasteiger partial charge is 0.271 e. The van der Waals surface area contributed by atoms with Crippen LogP contribution in [0.4, 0.5) is 5.69 Å². The molecule has 2 amide bonds. The van der Waals surface area contributed by atoms with Gasteiger partial charge >= 0.3 is 0 Å². The molecule has 2 N–H and O–H groups in total. The van der Waals surface area contributed by atoms with Gasteiger partial charge in [0.25, 0.3) is 11.8 Å². The number of nitrogens with zero attached hydrogens (tertiary/aromatic N) is 2. The van der Waals surface area contributed by atoms with Gasteiger partial charge in [-0.05, 0) is 43.2 Å². The number of hydrazine groups is 1. The Kier molecular flexibility index (Phi) is 6.54. The number of benzene rings is 2. The highest BCUT2D eigenvalue weighted by Gasteiger charge is 2.21. The summed E-state index contributed by atoms with van der Waals surface area (Å²) in [5, 5.41) is 0.344. The molecule has 2 aromatic rings. The summed E-state index contributed by atoms with van der Waals surface area (Å²) in [6.07, 6.45) is 0. The number of piperazine rings is 1. The number of halogens is 1. The molecule has 6 nitrogen and oxygen atoms in total. The summed E-state index contributed by atoms with van der Waals surface area (Å²) in [6.45, 7) is 7.82. The summed E-state index contributed by atoms with van der Waals surface area (Å²) in [4.78, 5) is 28.7. The molecule has 1 aliphatic heterocycles.